The van der Waals surface area contributed by atoms with Crippen LogP contribution in [-0.4, -0.2) is 59.6 Å². The Morgan fingerprint density at radius 3 is 2.00 bits per heavy atom. The lowest BCUT2D eigenvalue weighted by atomic mass is 10.0. The van der Waals surface area contributed by atoms with E-state index in [2.05, 4.69) is 21.3 Å². The van der Waals surface area contributed by atoms with E-state index in [4.69, 9.17) is 5.73 Å². The normalized spacial score (nSPS) is 12.1. The lowest BCUT2D eigenvalue weighted by molar-refractivity contribution is -0.385. The number of amides is 5. The van der Waals surface area contributed by atoms with E-state index < -0.39 is 65.3 Å². The van der Waals surface area contributed by atoms with E-state index in [1.54, 1.807) is 30.3 Å². The summed E-state index contributed by atoms with van der Waals surface area (Å²) in [6.07, 6.45) is 0.412. The van der Waals surface area contributed by atoms with Crippen LogP contribution in [0.4, 0.5) is 5.69 Å². The van der Waals surface area contributed by atoms with Gasteiger partial charge in [0, 0.05) is 12.5 Å². The molecule has 2 atom stereocenters. The molecule has 208 valence electrons. The predicted molar refractivity (Wildman–Crippen MR) is 141 cm³/mol. The van der Waals surface area contributed by atoms with Gasteiger partial charge in [0.1, 0.15) is 17.6 Å². The lowest BCUT2D eigenvalue weighted by Crippen LogP contribution is -2.53. The Morgan fingerprint density at radius 1 is 0.846 bits per heavy atom. The minimum atomic E-state index is -1.11. The molecular formula is C26H32N6O7. The summed E-state index contributed by atoms with van der Waals surface area (Å²) in [6, 6.07) is 12.1. The minimum Gasteiger partial charge on any atom is -0.368 e. The molecule has 2 aromatic carbocycles. The van der Waals surface area contributed by atoms with E-state index in [1.165, 1.54) is 24.3 Å². The Bertz CT molecular complexity index is 1200. The van der Waals surface area contributed by atoms with Crippen molar-refractivity contribution in [1.82, 2.24) is 21.3 Å². The fourth-order valence-electron chi connectivity index (χ4n) is 3.64. The Morgan fingerprint density at radius 2 is 1.41 bits per heavy atom. The van der Waals surface area contributed by atoms with Crippen LogP contribution in [-0.2, 0) is 25.6 Å². The number of rotatable bonds is 14. The van der Waals surface area contributed by atoms with Crippen molar-refractivity contribution in [3.05, 3.63) is 75.8 Å². The van der Waals surface area contributed by atoms with Gasteiger partial charge in [-0.25, -0.2) is 0 Å². The Hall–Kier alpha value is -4.81. The van der Waals surface area contributed by atoms with Crippen LogP contribution in [0.3, 0.4) is 0 Å². The van der Waals surface area contributed by atoms with Crippen molar-refractivity contribution in [2.24, 2.45) is 11.7 Å². The summed E-state index contributed by atoms with van der Waals surface area (Å²) in [7, 11) is 0. The van der Waals surface area contributed by atoms with Gasteiger partial charge in [0.25, 0.3) is 11.6 Å². The second-order valence-corrected chi connectivity index (χ2v) is 9.14. The smallest absolute Gasteiger partial charge is 0.282 e. The van der Waals surface area contributed by atoms with E-state index in [9.17, 15) is 34.1 Å². The SMILES string of the molecule is CC(C)C[C@H](NC(=O)CNC(=O)[C@H](Cc1ccccc1)NC(=O)CNC(=O)c1ccccc1[N+](=O)[O-])C(N)=O. The number of nitro groups is 1. The van der Waals surface area contributed by atoms with Crippen LogP contribution >= 0.6 is 0 Å². The number of benzene rings is 2. The van der Waals surface area contributed by atoms with Gasteiger partial charge in [-0.1, -0.05) is 56.3 Å². The first kappa shape index (κ1) is 30.4. The van der Waals surface area contributed by atoms with E-state index >= 15 is 0 Å². The molecule has 0 aliphatic heterocycles. The van der Waals surface area contributed by atoms with Gasteiger partial charge in [0.15, 0.2) is 0 Å². The number of hydrogen-bond acceptors (Lipinski definition) is 7. The zero-order chi connectivity index (χ0) is 28.9. The maximum Gasteiger partial charge on any atom is 0.282 e. The first-order valence-corrected chi connectivity index (χ1v) is 12.2. The number of hydrogen-bond donors (Lipinski definition) is 5. The topological polar surface area (TPSA) is 203 Å². The van der Waals surface area contributed by atoms with Crippen LogP contribution in [0.5, 0.6) is 0 Å². The highest BCUT2D eigenvalue weighted by atomic mass is 16.6. The van der Waals surface area contributed by atoms with Crippen molar-refractivity contribution in [2.75, 3.05) is 13.1 Å². The molecule has 39 heavy (non-hydrogen) atoms. The van der Waals surface area contributed by atoms with Crippen LogP contribution in [0.1, 0.15) is 36.2 Å². The highest BCUT2D eigenvalue weighted by molar-refractivity contribution is 6.00. The molecule has 0 radical (unpaired) electrons. The Labute approximate surface area is 225 Å². The molecule has 0 saturated heterocycles. The molecule has 0 bridgehead atoms. The Balaban J connectivity index is 2.02. The van der Waals surface area contributed by atoms with Crippen molar-refractivity contribution in [1.29, 1.82) is 0 Å². The van der Waals surface area contributed by atoms with Gasteiger partial charge in [-0.05, 0) is 24.0 Å². The first-order valence-electron chi connectivity index (χ1n) is 12.2. The molecule has 0 aliphatic carbocycles. The highest BCUT2D eigenvalue weighted by Crippen LogP contribution is 2.17. The quantitative estimate of drug-likeness (QED) is 0.166. The standard InChI is InChI=1S/C26H32N6O7/c1-16(2)12-19(24(27)35)30-22(33)15-29-26(37)20(13-17-8-4-3-5-9-17)31-23(34)14-28-25(36)18-10-6-7-11-21(18)32(38)39/h3-11,16,19-20H,12-15H2,1-2H3,(H2,27,35)(H,28,36)(H,29,37)(H,30,33)(H,31,34)/t19-,20-/m0/s1. The van der Waals surface area contributed by atoms with E-state index in [-0.39, 0.29) is 17.9 Å². The average Bonchev–Trinajstić information content (AvgIpc) is 2.89. The van der Waals surface area contributed by atoms with Crippen molar-refractivity contribution in [3.63, 3.8) is 0 Å². The molecule has 13 heteroatoms. The maximum absolute atomic E-state index is 12.9. The lowest BCUT2D eigenvalue weighted by Gasteiger charge is -2.20. The van der Waals surface area contributed by atoms with Crippen molar-refractivity contribution in [2.45, 2.75) is 38.8 Å². The van der Waals surface area contributed by atoms with Crippen LogP contribution in [0.15, 0.2) is 54.6 Å². The van der Waals surface area contributed by atoms with Gasteiger partial charge in [0.05, 0.1) is 18.0 Å². The molecule has 0 spiro atoms. The van der Waals surface area contributed by atoms with Gasteiger partial charge < -0.3 is 27.0 Å². The summed E-state index contributed by atoms with van der Waals surface area (Å²) in [5, 5.41) is 20.9. The van der Waals surface area contributed by atoms with Crippen LogP contribution in [0.2, 0.25) is 0 Å². The average molecular weight is 541 g/mol. The van der Waals surface area contributed by atoms with Crippen molar-refractivity contribution in [3.8, 4) is 0 Å². The zero-order valence-corrected chi connectivity index (χ0v) is 21.6. The number of nitrogens with one attached hydrogen (secondary N) is 4. The molecule has 2 aromatic rings. The maximum atomic E-state index is 12.9. The number of para-hydroxylation sites is 1. The molecule has 6 N–H and O–H groups in total. The molecule has 0 fully saturated rings. The molecule has 5 amide bonds. The molecule has 2 rings (SSSR count). The summed E-state index contributed by atoms with van der Waals surface area (Å²) >= 11 is 0. The van der Waals surface area contributed by atoms with Crippen LogP contribution < -0.4 is 27.0 Å². The first-order chi connectivity index (χ1) is 18.5. The number of nitro benzene ring substituents is 1. The second kappa shape index (κ2) is 14.8. The number of carbonyl (C=O) groups excluding carboxylic acids is 5. The van der Waals surface area contributed by atoms with Gasteiger partial charge in [0.2, 0.25) is 23.6 Å². The van der Waals surface area contributed by atoms with Gasteiger partial charge in [-0.2, -0.15) is 0 Å². The van der Waals surface area contributed by atoms with Crippen molar-refractivity contribution >= 4 is 35.2 Å². The fourth-order valence-corrected chi connectivity index (χ4v) is 3.64. The summed E-state index contributed by atoms with van der Waals surface area (Å²) in [6.45, 7) is 2.71. The van der Waals surface area contributed by atoms with Crippen molar-refractivity contribution < 1.29 is 28.9 Å². The minimum absolute atomic E-state index is 0.0788. The predicted octanol–water partition coefficient (Wildman–Crippen LogP) is 0.185. The third-order valence-electron chi connectivity index (χ3n) is 5.50. The molecule has 0 aliphatic rings. The fraction of sp³-hybridized carbons (Fsp3) is 0.346. The van der Waals surface area contributed by atoms with E-state index in [0.717, 1.165) is 5.56 Å². The van der Waals surface area contributed by atoms with Gasteiger partial charge in [-0.3, -0.25) is 34.1 Å². The number of carbonyl (C=O) groups is 5. The summed E-state index contributed by atoms with van der Waals surface area (Å²) in [5.41, 5.74) is 5.42. The number of nitrogens with two attached hydrogens (primary N) is 1. The molecule has 0 heterocycles. The monoisotopic (exact) mass is 540 g/mol. The van der Waals surface area contributed by atoms with Gasteiger partial charge in [-0.15, -0.1) is 0 Å². The summed E-state index contributed by atoms with van der Waals surface area (Å²) in [5.74, 6) is -3.46. The van der Waals surface area contributed by atoms with E-state index in [0.29, 0.717) is 6.42 Å². The van der Waals surface area contributed by atoms with Crippen LogP contribution in [0, 0.1) is 16.0 Å². The Kier molecular flexibility index (Phi) is 11.5. The number of primary amides is 1. The molecule has 13 nitrogen and oxygen atoms in total. The summed E-state index contributed by atoms with van der Waals surface area (Å²) < 4.78 is 0. The number of nitrogens with zero attached hydrogens (tertiary/aromatic N) is 1. The third-order valence-corrected chi connectivity index (χ3v) is 5.50. The summed E-state index contributed by atoms with van der Waals surface area (Å²) in [4.78, 5) is 72.3. The van der Waals surface area contributed by atoms with Crippen LogP contribution in [0.25, 0.3) is 0 Å². The largest absolute Gasteiger partial charge is 0.368 e. The molecule has 0 unspecified atom stereocenters. The molecule has 0 saturated carbocycles. The second-order valence-electron chi connectivity index (χ2n) is 9.14. The zero-order valence-electron chi connectivity index (χ0n) is 21.6. The van der Waals surface area contributed by atoms with E-state index in [1.807, 2.05) is 13.8 Å². The molecular weight excluding hydrogens is 508 g/mol. The highest BCUT2D eigenvalue weighted by Gasteiger charge is 2.25. The van der Waals surface area contributed by atoms with Gasteiger partial charge >= 0.3 is 0 Å². The third kappa shape index (κ3) is 10.2. The molecule has 0 aromatic heterocycles.